The fourth-order valence-corrected chi connectivity index (χ4v) is 8.19. The predicted octanol–water partition coefficient (Wildman–Crippen LogP) is 10.8. The van der Waals surface area contributed by atoms with Crippen LogP contribution in [0, 0.1) is 0 Å². The van der Waals surface area contributed by atoms with Crippen molar-refractivity contribution in [2.45, 2.75) is 0 Å². The standard InChI is InChI=1S/C44H26N6O/c1-6-16-35-29(11-1)30-12-2-7-17-36(30)47(35)28-21-23-39-40(26-28)50-38-19-9-5-15-34(38)46-44(50)48(43-45-33-14-4-8-18-37(33)49(39)43)27-22-24-42-32(25-27)31-13-3-10-20-41(31)51-42/h1-26H. The Morgan fingerprint density at radius 3 is 1.55 bits per heavy atom. The normalized spacial score (nSPS) is 12.3. The maximum atomic E-state index is 6.25. The highest BCUT2D eigenvalue weighted by atomic mass is 16.3. The molecule has 12 rings (SSSR count). The predicted molar refractivity (Wildman–Crippen MR) is 206 cm³/mol. The molecule has 5 aromatic heterocycles. The molecule has 5 heterocycles. The molecular weight excluding hydrogens is 629 g/mol. The van der Waals surface area contributed by atoms with E-state index in [0.29, 0.717) is 0 Å². The monoisotopic (exact) mass is 654 g/mol. The summed E-state index contributed by atoms with van der Waals surface area (Å²) in [6.07, 6.45) is 0. The van der Waals surface area contributed by atoms with E-state index in [2.05, 4.69) is 151 Å². The Kier molecular flexibility index (Phi) is 5.12. The number of imidazole rings is 2. The third kappa shape index (κ3) is 3.56. The van der Waals surface area contributed by atoms with Crippen LogP contribution in [0.25, 0.3) is 99.8 Å². The van der Waals surface area contributed by atoms with Gasteiger partial charge in [-0.15, -0.1) is 0 Å². The van der Waals surface area contributed by atoms with Crippen LogP contribution in [0.1, 0.15) is 0 Å². The molecule has 0 aliphatic rings. The number of rotatable bonds is 2. The van der Waals surface area contributed by atoms with Crippen molar-refractivity contribution in [1.82, 2.24) is 27.9 Å². The molecular formula is C44H26N6O. The lowest BCUT2D eigenvalue weighted by Crippen LogP contribution is -2.01. The average Bonchev–Trinajstić information content (AvgIpc) is 3.92. The minimum absolute atomic E-state index is 0.762. The second-order valence-corrected chi connectivity index (χ2v) is 13.1. The molecule has 7 heteroatoms. The largest absolute Gasteiger partial charge is 0.456 e. The Hall–Kier alpha value is -7.12. The Labute approximate surface area is 289 Å². The third-order valence-corrected chi connectivity index (χ3v) is 10.4. The summed E-state index contributed by atoms with van der Waals surface area (Å²) in [5.41, 5.74) is 11.9. The Balaban J connectivity index is 1.30. The van der Waals surface area contributed by atoms with Crippen LogP contribution in [0.4, 0.5) is 0 Å². The number of hydrogen-bond acceptors (Lipinski definition) is 3. The molecule has 0 aliphatic heterocycles. The minimum Gasteiger partial charge on any atom is -0.456 e. The van der Waals surface area contributed by atoms with Gasteiger partial charge in [0.05, 0.1) is 49.8 Å². The lowest BCUT2D eigenvalue weighted by Gasteiger charge is -2.10. The molecule has 51 heavy (non-hydrogen) atoms. The molecule has 0 fully saturated rings. The van der Waals surface area contributed by atoms with Gasteiger partial charge in [0.2, 0.25) is 11.6 Å². The number of para-hydroxylation sites is 7. The first-order valence-electron chi connectivity index (χ1n) is 17.1. The first-order valence-corrected chi connectivity index (χ1v) is 17.1. The summed E-state index contributed by atoms with van der Waals surface area (Å²) in [5, 5.41) is 4.58. The summed E-state index contributed by atoms with van der Waals surface area (Å²) in [6.45, 7) is 0. The van der Waals surface area contributed by atoms with E-state index in [1.165, 1.54) is 21.8 Å². The lowest BCUT2D eigenvalue weighted by molar-refractivity contribution is 0.669. The zero-order valence-electron chi connectivity index (χ0n) is 27.1. The topological polar surface area (TPSA) is 57.6 Å². The third-order valence-electron chi connectivity index (χ3n) is 10.4. The van der Waals surface area contributed by atoms with E-state index < -0.39 is 0 Å². The molecule has 0 saturated heterocycles. The highest BCUT2D eigenvalue weighted by Crippen LogP contribution is 2.36. The van der Waals surface area contributed by atoms with E-state index in [-0.39, 0.29) is 0 Å². The van der Waals surface area contributed by atoms with Crippen molar-refractivity contribution in [3.63, 3.8) is 0 Å². The highest BCUT2D eigenvalue weighted by molar-refractivity contribution is 6.10. The smallest absolute Gasteiger partial charge is 0.223 e. The number of aromatic nitrogens is 6. The van der Waals surface area contributed by atoms with E-state index in [4.69, 9.17) is 14.4 Å². The summed E-state index contributed by atoms with van der Waals surface area (Å²) in [4.78, 5) is 10.7. The van der Waals surface area contributed by atoms with Gasteiger partial charge in [-0.1, -0.05) is 78.9 Å². The van der Waals surface area contributed by atoms with Gasteiger partial charge >= 0.3 is 0 Å². The van der Waals surface area contributed by atoms with Crippen molar-refractivity contribution in [1.29, 1.82) is 0 Å². The van der Waals surface area contributed by atoms with E-state index in [1.54, 1.807) is 0 Å². The van der Waals surface area contributed by atoms with E-state index in [9.17, 15) is 0 Å². The minimum atomic E-state index is 0.762. The number of furan rings is 1. The molecule has 0 saturated carbocycles. The van der Waals surface area contributed by atoms with Gasteiger partial charge in [0.1, 0.15) is 11.2 Å². The molecule has 0 aliphatic carbocycles. The second-order valence-electron chi connectivity index (χ2n) is 13.1. The fraction of sp³-hybridized carbons (Fsp3) is 0. The molecule has 0 atom stereocenters. The Morgan fingerprint density at radius 1 is 0.353 bits per heavy atom. The molecule has 0 unspecified atom stereocenters. The molecule has 238 valence electrons. The fourth-order valence-electron chi connectivity index (χ4n) is 8.19. The van der Waals surface area contributed by atoms with Crippen LogP contribution in [-0.2, 0) is 0 Å². The van der Waals surface area contributed by atoms with Crippen molar-refractivity contribution in [2.24, 2.45) is 0 Å². The van der Waals surface area contributed by atoms with Gasteiger partial charge in [-0.05, 0) is 78.9 Å². The number of hydrogen-bond donors (Lipinski definition) is 0. The van der Waals surface area contributed by atoms with Gasteiger partial charge in [-0.3, -0.25) is 8.80 Å². The zero-order chi connectivity index (χ0) is 33.2. The number of benzene rings is 7. The molecule has 0 bridgehead atoms. The summed E-state index contributed by atoms with van der Waals surface area (Å²) < 4.78 is 15.4. The van der Waals surface area contributed by atoms with Crippen molar-refractivity contribution in [2.75, 3.05) is 0 Å². The highest BCUT2D eigenvalue weighted by Gasteiger charge is 2.21. The van der Waals surface area contributed by atoms with E-state index >= 15 is 0 Å². The summed E-state index contributed by atoms with van der Waals surface area (Å²) in [5.74, 6) is 1.53. The first-order chi connectivity index (χ1) is 25.3. The van der Waals surface area contributed by atoms with Crippen LogP contribution in [-0.4, -0.2) is 27.9 Å². The summed E-state index contributed by atoms with van der Waals surface area (Å²) in [6, 6.07) is 55.4. The second kappa shape index (κ2) is 9.74. The Bertz CT molecular complexity index is 3390. The Morgan fingerprint density at radius 2 is 0.863 bits per heavy atom. The van der Waals surface area contributed by atoms with Crippen LogP contribution in [0.3, 0.4) is 0 Å². The van der Waals surface area contributed by atoms with Crippen LogP contribution in [0.5, 0.6) is 0 Å². The first kappa shape index (κ1) is 26.8. The molecule has 0 spiro atoms. The molecule has 0 radical (unpaired) electrons. The van der Waals surface area contributed by atoms with Gasteiger partial charge in [0, 0.05) is 27.2 Å². The molecule has 7 aromatic carbocycles. The molecule has 0 amide bonds. The van der Waals surface area contributed by atoms with Crippen LogP contribution in [0.2, 0.25) is 0 Å². The van der Waals surface area contributed by atoms with Crippen molar-refractivity contribution in [3.8, 4) is 11.4 Å². The van der Waals surface area contributed by atoms with Crippen molar-refractivity contribution >= 4 is 88.4 Å². The average molecular weight is 655 g/mol. The quantitative estimate of drug-likeness (QED) is 0.186. The van der Waals surface area contributed by atoms with Crippen LogP contribution in [0.15, 0.2) is 162 Å². The maximum Gasteiger partial charge on any atom is 0.223 e. The molecule has 0 N–H and O–H groups in total. The van der Waals surface area contributed by atoms with Crippen LogP contribution >= 0.6 is 0 Å². The van der Waals surface area contributed by atoms with E-state index in [1.807, 2.05) is 24.3 Å². The number of nitrogens with zero attached hydrogens (tertiary/aromatic N) is 6. The number of fused-ring (bicyclic) bond motifs is 15. The van der Waals surface area contributed by atoms with E-state index in [0.717, 1.165) is 78.0 Å². The van der Waals surface area contributed by atoms with Crippen molar-refractivity contribution in [3.05, 3.63) is 158 Å². The lowest BCUT2D eigenvalue weighted by atomic mass is 10.1. The van der Waals surface area contributed by atoms with Gasteiger partial charge in [0.25, 0.3) is 0 Å². The SMILES string of the molecule is c1ccc2c(c1)nc1n(-c3ccc4oc5ccccc5c4c3)c3nc4ccccc4n3c3cc(-n4c5ccccc5c5ccccc54)ccc3n21. The summed E-state index contributed by atoms with van der Waals surface area (Å²) in [7, 11) is 0. The van der Waals surface area contributed by atoms with Gasteiger partial charge in [0.15, 0.2) is 0 Å². The van der Waals surface area contributed by atoms with Gasteiger partial charge in [-0.25, -0.2) is 14.5 Å². The molecule has 7 nitrogen and oxygen atoms in total. The molecule has 12 aromatic rings. The zero-order valence-corrected chi connectivity index (χ0v) is 27.1. The maximum absolute atomic E-state index is 6.25. The summed E-state index contributed by atoms with van der Waals surface area (Å²) >= 11 is 0. The van der Waals surface area contributed by atoms with Gasteiger partial charge in [-0.2, -0.15) is 0 Å². The van der Waals surface area contributed by atoms with Crippen molar-refractivity contribution < 1.29 is 4.42 Å². The van der Waals surface area contributed by atoms with Crippen LogP contribution < -0.4 is 0 Å². The van der Waals surface area contributed by atoms with Gasteiger partial charge < -0.3 is 8.98 Å².